The Bertz CT molecular complexity index is 1880. The molecule has 4 aromatic carbocycles. The van der Waals surface area contributed by atoms with Crippen molar-refractivity contribution in [2.24, 2.45) is 0 Å². The van der Waals surface area contributed by atoms with Crippen molar-refractivity contribution in [3.8, 4) is 11.1 Å². The molecule has 2 aromatic heterocycles. The molecular weight excluding hydrogens is 503 g/mol. The minimum atomic E-state index is -0.998. The smallest absolute Gasteiger partial charge is 0.335 e. The number of halogens is 1. The molecule has 5 nitrogen and oxygen atoms in total. The molecule has 0 spiro atoms. The number of rotatable bonds is 7. The highest BCUT2D eigenvalue weighted by molar-refractivity contribution is 5.95. The average Bonchev–Trinajstić information content (AvgIpc) is 3.38. The number of aromatic carboxylic acids is 1. The van der Waals surface area contributed by atoms with Crippen LogP contribution in [0.5, 0.6) is 0 Å². The van der Waals surface area contributed by atoms with Crippen LogP contribution >= 0.6 is 0 Å². The lowest BCUT2D eigenvalue weighted by molar-refractivity contribution is 0.0696. The van der Waals surface area contributed by atoms with E-state index in [2.05, 4.69) is 5.32 Å². The highest BCUT2D eigenvalue weighted by atomic mass is 19.1. The van der Waals surface area contributed by atoms with Crippen molar-refractivity contribution >= 4 is 28.2 Å². The van der Waals surface area contributed by atoms with Gasteiger partial charge in [0.2, 0.25) is 0 Å². The highest BCUT2D eigenvalue weighted by Crippen LogP contribution is 2.27. The second-order valence-electron chi connectivity index (χ2n) is 9.74. The molecule has 0 radical (unpaired) electrons. The monoisotopic (exact) mass is 528 g/mol. The number of carboxylic acid groups (broad SMARTS) is 1. The largest absolute Gasteiger partial charge is 0.478 e. The van der Waals surface area contributed by atoms with Crippen LogP contribution < -0.4 is 5.32 Å². The lowest BCUT2D eigenvalue weighted by Crippen LogP contribution is -2.25. The van der Waals surface area contributed by atoms with E-state index in [0.29, 0.717) is 17.5 Å². The van der Waals surface area contributed by atoms with Gasteiger partial charge >= 0.3 is 5.97 Å². The Balaban J connectivity index is 1.38. The standard InChI is InChI=1S/C34H25FN2O3/c35-31-18-23(16-26-8-4-5-9-30(26)31)17-28-14-15-29-19-27(24-6-2-1-3-7-24)20-32(37(28)29)33(38)36-21-22-10-12-25(13-11-22)34(39)40/h1-16,18-20H,17,21H2,(H,36,38)(H,39,40). The van der Waals surface area contributed by atoms with Crippen molar-refractivity contribution in [1.82, 2.24) is 9.72 Å². The van der Waals surface area contributed by atoms with Gasteiger partial charge in [0.1, 0.15) is 11.5 Å². The van der Waals surface area contributed by atoms with Gasteiger partial charge in [-0.05, 0) is 70.1 Å². The van der Waals surface area contributed by atoms with Gasteiger partial charge in [-0.3, -0.25) is 4.79 Å². The Hall–Kier alpha value is -5.23. The molecule has 0 saturated heterocycles. The summed E-state index contributed by atoms with van der Waals surface area (Å²) in [6, 6.07) is 35.0. The first-order chi connectivity index (χ1) is 19.5. The topological polar surface area (TPSA) is 70.8 Å². The number of amides is 1. The molecular formula is C34H25FN2O3. The quantitative estimate of drug-likeness (QED) is 0.232. The number of pyridine rings is 1. The van der Waals surface area contributed by atoms with Gasteiger partial charge < -0.3 is 14.8 Å². The number of carboxylic acids is 1. The van der Waals surface area contributed by atoms with Gasteiger partial charge in [-0.15, -0.1) is 0 Å². The summed E-state index contributed by atoms with van der Waals surface area (Å²) in [7, 11) is 0. The van der Waals surface area contributed by atoms with Crippen LogP contribution in [-0.2, 0) is 13.0 Å². The van der Waals surface area contributed by atoms with Crippen molar-refractivity contribution in [1.29, 1.82) is 0 Å². The molecule has 196 valence electrons. The Morgan fingerprint density at radius 1 is 0.750 bits per heavy atom. The predicted molar refractivity (Wildman–Crippen MR) is 154 cm³/mol. The Kier molecular flexibility index (Phi) is 6.58. The van der Waals surface area contributed by atoms with Crippen LogP contribution in [0.25, 0.3) is 27.4 Å². The zero-order valence-electron chi connectivity index (χ0n) is 21.5. The molecule has 0 aliphatic carbocycles. The van der Waals surface area contributed by atoms with E-state index in [9.17, 15) is 14.0 Å². The molecule has 0 unspecified atom stereocenters. The number of nitrogens with one attached hydrogen (secondary N) is 1. The fourth-order valence-corrected chi connectivity index (χ4v) is 5.09. The molecule has 1 amide bonds. The fraction of sp³-hybridized carbons (Fsp3) is 0.0588. The average molecular weight is 529 g/mol. The molecule has 0 saturated carbocycles. The van der Waals surface area contributed by atoms with E-state index < -0.39 is 5.97 Å². The second-order valence-corrected chi connectivity index (χ2v) is 9.74. The number of benzene rings is 4. The number of nitrogens with zero attached hydrogens (tertiary/aromatic N) is 1. The first-order valence-corrected chi connectivity index (χ1v) is 12.9. The number of hydrogen-bond acceptors (Lipinski definition) is 2. The van der Waals surface area contributed by atoms with Crippen LogP contribution in [0.15, 0.2) is 115 Å². The summed E-state index contributed by atoms with van der Waals surface area (Å²) in [6.45, 7) is 0.238. The van der Waals surface area contributed by atoms with Gasteiger partial charge in [0.25, 0.3) is 5.91 Å². The second kappa shape index (κ2) is 10.5. The van der Waals surface area contributed by atoms with E-state index in [-0.39, 0.29) is 23.8 Å². The van der Waals surface area contributed by atoms with Crippen LogP contribution in [0.4, 0.5) is 4.39 Å². The van der Waals surface area contributed by atoms with Gasteiger partial charge in [0.05, 0.1) is 5.56 Å². The van der Waals surface area contributed by atoms with E-state index in [4.69, 9.17) is 5.11 Å². The third-order valence-corrected chi connectivity index (χ3v) is 7.08. The van der Waals surface area contributed by atoms with E-state index in [1.165, 1.54) is 12.1 Å². The SMILES string of the molecule is O=C(O)c1ccc(CNC(=O)c2cc(-c3ccccc3)cc3ccc(Cc4cc(F)c5ccccc5c4)n23)cc1. The lowest BCUT2D eigenvalue weighted by Gasteiger charge is -2.14. The number of carbonyl (C=O) groups excluding carboxylic acids is 1. The molecule has 2 N–H and O–H groups in total. The van der Waals surface area contributed by atoms with Gasteiger partial charge in [0, 0.05) is 29.6 Å². The summed E-state index contributed by atoms with van der Waals surface area (Å²) >= 11 is 0. The summed E-state index contributed by atoms with van der Waals surface area (Å²) in [5.41, 5.74) is 5.86. The minimum Gasteiger partial charge on any atom is -0.478 e. The van der Waals surface area contributed by atoms with Crippen molar-refractivity contribution in [2.45, 2.75) is 13.0 Å². The van der Waals surface area contributed by atoms with Crippen LogP contribution in [-0.4, -0.2) is 21.4 Å². The maximum Gasteiger partial charge on any atom is 0.335 e. The van der Waals surface area contributed by atoms with Crippen LogP contribution in [0, 0.1) is 5.82 Å². The first-order valence-electron chi connectivity index (χ1n) is 12.9. The summed E-state index contributed by atoms with van der Waals surface area (Å²) < 4.78 is 16.8. The van der Waals surface area contributed by atoms with Gasteiger partial charge in [-0.1, -0.05) is 72.8 Å². The maximum atomic E-state index is 14.9. The van der Waals surface area contributed by atoms with Crippen molar-refractivity contribution in [3.05, 3.63) is 149 Å². The minimum absolute atomic E-state index is 0.189. The van der Waals surface area contributed by atoms with E-state index in [1.54, 1.807) is 24.3 Å². The molecule has 0 aliphatic heterocycles. The molecule has 0 fully saturated rings. The molecule has 0 atom stereocenters. The summed E-state index contributed by atoms with van der Waals surface area (Å²) in [6.07, 6.45) is 0.442. The molecule has 6 aromatic rings. The molecule has 40 heavy (non-hydrogen) atoms. The zero-order chi connectivity index (χ0) is 27.6. The predicted octanol–water partition coefficient (Wildman–Crippen LogP) is 7.12. The summed E-state index contributed by atoms with van der Waals surface area (Å²) in [5, 5.41) is 13.5. The molecule has 6 rings (SSSR count). The molecule has 0 bridgehead atoms. The van der Waals surface area contributed by atoms with Crippen LogP contribution in [0.1, 0.15) is 37.7 Å². The molecule has 0 aliphatic rings. The highest BCUT2D eigenvalue weighted by Gasteiger charge is 2.17. The number of hydrogen-bond donors (Lipinski definition) is 2. The summed E-state index contributed by atoms with van der Waals surface area (Å²) in [4.78, 5) is 24.8. The zero-order valence-corrected chi connectivity index (χ0v) is 21.5. The van der Waals surface area contributed by atoms with E-state index >= 15 is 0 Å². The maximum absolute atomic E-state index is 14.9. The normalized spacial score (nSPS) is 11.1. The van der Waals surface area contributed by atoms with E-state index in [1.807, 2.05) is 83.3 Å². The van der Waals surface area contributed by atoms with Crippen molar-refractivity contribution < 1.29 is 19.1 Å². The van der Waals surface area contributed by atoms with E-state index in [0.717, 1.165) is 38.9 Å². The third kappa shape index (κ3) is 4.95. The Morgan fingerprint density at radius 2 is 1.50 bits per heavy atom. The Labute approximate surface area is 230 Å². The van der Waals surface area contributed by atoms with Crippen molar-refractivity contribution in [2.75, 3.05) is 0 Å². The first kappa shape index (κ1) is 25.1. The van der Waals surface area contributed by atoms with Gasteiger partial charge in [-0.25, -0.2) is 9.18 Å². The van der Waals surface area contributed by atoms with Crippen LogP contribution in [0.2, 0.25) is 0 Å². The molecule has 6 heteroatoms. The lowest BCUT2D eigenvalue weighted by atomic mass is 10.0. The fourth-order valence-electron chi connectivity index (χ4n) is 5.09. The molecule has 2 heterocycles. The van der Waals surface area contributed by atoms with Crippen LogP contribution in [0.3, 0.4) is 0 Å². The third-order valence-electron chi connectivity index (χ3n) is 7.08. The Morgan fingerprint density at radius 3 is 2.27 bits per heavy atom. The number of fused-ring (bicyclic) bond motifs is 2. The van der Waals surface area contributed by atoms with Crippen molar-refractivity contribution in [3.63, 3.8) is 0 Å². The number of aromatic nitrogens is 1. The number of carbonyl (C=O) groups is 2. The summed E-state index contributed by atoms with van der Waals surface area (Å²) in [5.74, 6) is -1.54. The van der Waals surface area contributed by atoms with Gasteiger partial charge in [0.15, 0.2) is 0 Å². The van der Waals surface area contributed by atoms with Gasteiger partial charge in [-0.2, -0.15) is 0 Å².